The summed E-state index contributed by atoms with van der Waals surface area (Å²) in [6.45, 7) is 0.764. The lowest BCUT2D eigenvalue weighted by Gasteiger charge is -2.41. The van der Waals surface area contributed by atoms with Gasteiger partial charge in [0.1, 0.15) is 11.9 Å². The molecular weight excluding hydrogens is 486 g/mol. The van der Waals surface area contributed by atoms with Gasteiger partial charge < -0.3 is 24.4 Å². The van der Waals surface area contributed by atoms with Crippen LogP contribution in [0.25, 0.3) is 22.5 Å². The Kier molecular flexibility index (Phi) is 6.61. The van der Waals surface area contributed by atoms with Crippen LogP contribution in [0.1, 0.15) is 51.2 Å². The third-order valence-corrected chi connectivity index (χ3v) is 8.17. The first-order valence-corrected chi connectivity index (χ1v) is 13.3. The lowest BCUT2D eigenvalue weighted by molar-refractivity contribution is -0.0394. The summed E-state index contributed by atoms with van der Waals surface area (Å²) in [5.41, 5.74) is 3.09. The molecule has 3 saturated heterocycles. The van der Waals surface area contributed by atoms with Gasteiger partial charge in [0.05, 0.1) is 19.0 Å². The van der Waals surface area contributed by atoms with Crippen LogP contribution in [0.4, 0.5) is 10.6 Å². The van der Waals surface area contributed by atoms with E-state index in [0.717, 1.165) is 68.5 Å². The van der Waals surface area contributed by atoms with E-state index in [1.807, 2.05) is 48.4 Å². The van der Waals surface area contributed by atoms with Gasteiger partial charge >= 0.3 is 6.09 Å². The Hall–Kier alpha value is -3.73. The van der Waals surface area contributed by atoms with Gasteiger partial charge in [0.15, 0.2) is 5.82 Å². The molecule has 6 heterocycles. The zero-order valence-electron chi connectivity index (χ0n) is 21.7. The summed E-state index contributed by atoms with van der Waals surface area (Å²) in [6, 6.07) is 8.16. The average molecular weight is 520 g/mol. The number of nitrogens with zero attached hydrogens (tertiary/aromatic N) is 7. The van der Waals surface area contributed by atoms with E-state index in [0.29, 0.717) is 17.3 Å². The summed E-state index contributed by atoms with van der Waals surface area (Å²) in [7, 11) is 3.62. The number of carboxylic acid groups (broad SMARTS) is 1. The van der Waals surface area contributed by atoms with Crippen molar-refractivity contribution in [1.29, 1.82) is 0 Å². The Morgan fingerprint density at radius 2 is 1.87 bits per heavy atom. The Balaban J connectivity index is 1.17. The second-order valence-corrected chi connectivity index (χ2v) is 10.4. The standard InChI is InChI=1S/C27H33N7O4/c1-32(20-13-18-6-7-19(14-20)34(18)27(35)36)24-11-10-23(30-31-24)22-9-8-21(26(29-22)37-2)17-15-28-33(16-17)25-5-3-4-12-38-25/h8-11,15-16,18-20,25H,3-7,12-14H2,1-2H3,(H,35,36). The Morgan fingerprint density at radius 1 is 1.08 bits per heavy atom. The maximum Gasteiger partial charge on any atom is 0.407 e. The minimum atomic E-state index is -0.802. The third-order valence-electron chi connectivity index (χ3n) is 8.17. The number of amides is 1. The fourth-order valence-electron chi connectivity index (χ4n) is 6.14. The van der Waals surface area contributed by atoms with Gasteiger partial charge in [0.25, 0.3) is 0 Å². The predicted octanol–water partition coefficient (Wildman–Crippen LogP) is 4.22. The van der Waals surface area contributed by atoms with Crippen LogP contribution >= 0.6 is 0 Å². The number of anilines is 1. The van der Waals surface area contributed by atoms with Crippen LogP contribution in [0.3, 0.4) is 0 Å². The normalized spacial score (nSPS) is 24.8. The van der Waals surface area contributed by atoms with Crippen molar-refractivity contribution in [3.8, 4) is 28.4 Å². The zero-order chi connectivity index (χ0) is 26.2. The summed E-state index contributed by atoms with van der Waals surface area (Å²) < 4.78 is 13.4. The van der Waals surface area contributed by atoms with E-state index >= 15 is 0 Å². The van der Waals surface area contributed by atoms with Gasteiger partial charge in [-0.3, -0.25) is 0 Å². The molecule has 0 aliphatic carbocycles. The number of methoxy groups -OCH3 is 1. The van der Waals surface area contributed by atoms with Gasteiger partial charge in [0.2, 0.25) is 5.88 Å². The van der Waals surface area contributed by atoms with Gasteiger partial charge in [0, 0.05) is 49.1 Å². The average Bonchev–Trinajstić information content (AvgIpc) is 3.55. The molecule has 0 radical (unpaired) electrons. The maximum absolute atomic E-state index is 11.6. The predicted molar refractivity (Wildman–Crippen MR) is 140 cm³/mol. The first-order valence-electron chi connectivity index (χ1n) is 13.3. The van der Waals surface area contributed by atoms with Gasteiger partial charge in [-0.15, -0.1) is 10.2 Å². The number of carbonyl (C=O) groups is 1. The molecule has 38 heavy (non-hydrogen) atoms. The number of fused-ring (bicyclic) bond motifs is 2. The van der Waals surface area contributed by atoms with Crippen molar-refractivity contribution in [2.24, 2.45) is 0 Å². The summed E-state index contributed by atoms with van der Waals surface area (Å²) in [5.74, 6) is 1.26. The van der Waals surface area contributed by atoms with E-state index in [-0.39, 0.29) is 24.4 Å². The summed E-state index contributed by atoms with van der Waals surface area (Å²) >= 11 is 0. The molecule has 3 fully saturated rings. The summed E-state index contributed by atoms with van der Waals surface area (Å²) in [5, 5.41) is 23.0. The van der Waals surface area contributed by atoms with Crippen LogP contribution in [0.15, 0.2) is 36.7 Å². The Labute approximate surface area is 221 Å². The van der Waals surface area contributed by atoms with Crippen molar-refractivity contribution in [2.75, 3.05) is 25.7 Å². The molecule has 2 bridgehead atoms. The number of rotatable bonds is 6. The van der Waals surface area contributed by atoms with Crippen molar-refractivity contribution >= 4 is 11.9 Å². The summed E-state index contributed by atoms with van der Waals surface area (Å²) in [6.07, 6.45) is 9.65. The van der Waals surface area contributed by atoms with Crippen molar-refractivity contribution in [1.82, 2.24) is 29.9 Å². The van der Waals surface area contributed by atoms with Crippen molar-refractivity contribution in [2.45, 2.75) is 69.3 Å². The molecule has 3 atom stereocenters. The van der Waals surface area contributed by atoms with Crippen LogP contribution < -0.4 is 9.64 Å². The first-order chi connectivity index (χ1) is 18.5. The molecule has 3 aromatic heterocycles. The minimum Gasteiger partial charge on any atom is -0.481 e. The lowest BCUT2D eigenvalue weighted by Crippen LogP contribution is -2.51. The van der Waals surface area contributed by atoms with Gasteiger partial charge in [-0.25, -0.2) is 14.5 Å². The number of aromatic nitrogens is 5. The highest BCUT2D eigenvalue weighted by Crippen LogP contribution is 2.38. The van der Waals surface area contributed by atoms with Gasteiger partial charge in [-0.2, -0.15) is 5.10 Å². The van der Waals surface area contributed by atoms with E-state index in [1.165, 1.54) is 0 Å². The number of hydrogen-bond acceptors (Lipinski definition) is 8. The van der Waals surface area contributed by atoms with Crippen molar-refractivity contribution < 1.29 is 19.4 Å². The van der Waals surface area contributed by atoms with E-state index in [4.69, 9.17) is 14.5 Å². The second-order valence-electron chi connectivity index (χ2n) is 10.4. The Bertz CT molecular complexity index is 1280. The smallest absolute Gasteiger partial charge is 0.407 e. The zero-order valence-corrected chi connectivity index (χ0v) is 21.7. The SMILES string of the molecule is COc1nc(-c2ccc(N(C)C3CC4CCC(C3)N4C(=O)O)nn2)ccc1-c1cnn(C2CCCCO2)c1. The highest BCUT2D eigenvalue weighted by Gasteiger charge is 2.44. The van der Waals surface area contributed by atoms with Crippen LogP contribution in [0.2, 0.25) is 0 Å². The molecule has 3 aliphatic rings. The van der Waals surface area contributed by atoms with Crippen LogP contribution in [-0.2, 0) is 4.74 Å². The second kappa shape index (κ2) is 10.2. The molecule has 3 unspecified atom stereocenters. The molecule has 11 nitrogen and oxygen atoms in total. The van der Waals surface area contributed by atoms with E-state index in [1.54, 1.807) is 12.0 Å². The van der Waals surface area contributed by atoms with E-state index in [2.05, 4.69) is 20.2 Å². The number of piperidine rings is 1. The highest BCUT2D eigenvalue weighted by atomic mass is 16.5. The van der Waals surface area contributed by atoms with Crippen LogP contribution in [0, 0.1) is 0 Å². The molecule has 200 valence electrons. The van der Waals surface area contributed by atoms with Crippen molar-refractivity contribution in [3.05, 3.63) is 36.7 Å². The Morgan fingerprint density at radius 3 is 2.53 bits per heavy atom. The van der Waals surface area contributed by atoms with E-state index in [9.17, 15) is 9.90 Å². The molecule has 1 amide bonds. The lowest BCUT2D eigenvalue weighted by atomic mass is 9.96. The number of ether oxygens (including phenoxy) is 2. The molecule has 0 saturated carbocycles. The molecule has 1 N–H and O–H groups in total. The largest absolute Gasteiger partial charge is 0.481 e. The van der Waals surface area contributed by atoms with Gasteiger partial charge in [-0.05, 0) is 69.2 Å². The molecule has 0 spiro atoms. The fourth-order valence-corrected chi connectivity index (χ4v) is 6.14. The number of pyridine rings is 1. The molecule has 6 rings (SSSR count). The molecule has 0 aromatic carbocycles. The van der Waals surface area contributed by atoms with Crippen LogP contribution in [-0.4, -0.2) is 80.0 Å². The quantitative estimate of drug-likeness (QED) is 0.510. The monoisotopic (exact) mass is 519 g/mol. The maximum atomic E-state index is 11.6. The van der Waals surface area contributed by atoms with E-state index < -0.39 is 6.09 Å². The highest BCUT2D eigenvalue weighted by molar-refractivity contribution is 5.70. The third kappa shape index (κ3) is 4.55. The first kappa shape index (κ1) is 24.6. The molecule has 11 heteroatoms. The number of hydrogen-bond donors (Lipinski definition) is 1. The minimum absolute atomic E-state index is 0.0254. The molecule has 3 aliphatic heterocycles. The summed E-state index contributed by atoms with van der Waals surface area (Å²) in [4.78, 5) is 20.1. The fraction of sp³-hybridized carbons (Fsp3) is 0.519. The molecule has 3 aromatic rings. The van der Waals surface area contributed by atoms with Crippen LogP contribution in [0.5, 0.6) is 5.88 Å². The topological polar surface area (TPSA) is 119 Å². The van der Waals surface area contributed by atoms with Gasteiger partial charge in [-0.1, -0.05) is 0 Å². The van der Waals surface area contributed by atoms with Crippen molar-refractivity contribution in [3.63, 3.8) is 0 Å². The molecular formula is C27H33N7O4.